The number of amides is 2. The minimum Gasteiger partial charge on any atom is -0.468 e. The lowest BCUT2D eigenvalue weighted by molar-refractivity contribution is -0.115. The summed E-state index contributed by atoms with van der Waals surface area (Å²) in [5, 5.41) is 14.6. The van der Waals surface area contributed by atoms with Crippen molar-refractivity contribution < 1.29 is 32.4 Å². The number of fused-ring (bicyclic) bond motifs is 5. The van der Waals surface area contributed by atoms with Gasteiger partial charge < -0.3 is 29.3 Å². The molecule has 1 aliphatic carbocycles. The molecular formula is C37H38FN5O6S. The Morgan fingerprint density at radius 1 is 1.20 bits per heavy atom. The number of carbonyl (C=O) groups is 2. The van der Waals surface area contributed by atoms with Crippen LogP contribution in [0.15, 0.2) is 47.5 Å². The third-order valence-electron chi connectivity index (χ3n) is 9.57. The molecule has 1 aromatic heterocycles. The summed E-state index contributed by atoms with van der Waals surface area (Å²) in [4.78, 5) is 34.7. The molecule has 13 heteroatoms. The first kappa shape index (κ1) is 33.7. The summed E-state index contributed by atoms with van der Waals surface area (Å²) in [5.41, 5.74) is 1.49. The van der Waals surface area contributed by atoms with E-state index in [0.717, 1.165) is 17.2 Å². The van der Waals surface area contributed by atoms with E-state index in [2.05, 4.69) is 16.4 Å². The molecule has 2 bridgehead atoms. The Hall–Kier alpha value is -4.80. The number of nitriles is 1. The van der Waals surface area contributed by atoms with Crippen LogP contribution < -0.4 is 15.0 Å². The molecule has 2 amide bonds. The smallest absolute Gasteiger partial charge is 0.410 e. The fourth-order valence-electron chi connectivity index (χ4n) is 7.62. The molecule has 8 rings (SSSR count). The Morgan fingerprint density at radius 3 is 2.70 bits per heavy atom. The molecule has 4 unspecified atom stereocenters. The largest absolute Gasteiger partial charge is 0.468 e. The van der Waals surface area contributed by atoms with Crippen LogP contribution in [0.1, 0.15) is 39.2 Å². The molecule has 4 aromatic rings. The second-order valence-electron chi connectivity index (χ2n) is 14.0. The fraction of sp³-hybridized carbons (Fsp3) is 0.405. The van der Waals surface area contributed by atoms with Crippen molar-refractivity contribution in [1.29, 1.82) is 5.26 Å². The number of benzene rings is 3. The molecule has 260 valence electrons. The first-order chi connectivity index (χ1) is 23.9. The normalized spacial score (nSPS) is 20.3. The number of hydrogen-bond donors (Lipinski definition) is 1. The molecule has 3 fully saturated rings. The molecule has 3 aliphatic heterocycles. The maximum Gasteiger partial charge on any atom is 0.410 e. The lowest BCUT2D eigenvalue weighted by Crippen LogP contribution is -2.59. The number of ether oxygens (including phenoxy) is 3. The summed E-state index contributed by atoms with van der Waals surface area (Å²) >= 11 is 0. The summed E-state index contributed by atoms with van der Waals surface area (Å²) in [6.07, 6.45) is 2.14. The van der Waals surface area contributed by atoms with Gasteiger partial charge in [-0.3, -0.25) is 9.00 Å². The number of halogens is 1. The molecule has 4 heterocycles. The SMILES string of the molecule is COCOc1cc(-c2c(CCC#N)cc3c4c(c(S(C)=O)nc3c2F)NC(=O)CN4C2C3CC2N(C(=O)OC(C)(C)C)C3)c2ccccc2c1. The summed E-state index contributed by atoms with van der Waals surface area (Å²) in [6.45, 7) is 5.87. The standard InChI is InChI=1S/C37H38FN5O6S/c1-37(2,3)49-36(45)42-17-22-15-27(42)33(22)43-18-28(44)40-32-34(43)26-14-21(10-8-12-39)29(30(38)31(26)41-35(32)50(5)46)25-16-23(48-19-47-4)13-20-9-6-7-11-24(20)25/h6-7,9,11,13-14,16,22,27,33H,8,10,15,17-19H2,1-5H3,(H,40,44). The number of rotatable bonds is 8. The van der Waals surface area contributed by atoms with Crippen molar-refractivity contribution in [2.24, 2.45) is 5.92 Å². The molecule has 1 N–H and O–H groups in total. The Bertz CT molecular complexity index is 2130. The van der Waals surface area contributed by atoms with E-state index in [4.69, 9.17) is 14.2 Å². The third kappa shape index (κ3) is 5.80. The van der Waals surface area contributed by atoms with Gasteiger partial charge >= 0.3 is 6.09 Å². The Kier molecular flexibility index (Phi) is 8.64. The summed E-state index contributed by atoms with van der Waals surface area (Å²) < 4.78 is 47.4. The summed E-state index contributed by atoms with van der Waals surface area (Å²) in [7, 11) is -0.193. The first-order valence-electron chi connectivity index (χ1n) is 16.5. The van der Waals surface area contributed by atoms with Gasteiger partial charge in [-0.15, -0.1) is 0 Å². The lowest BCUT2D eigenvalue weighted by Gasteiger charge is -2.47. The highest BCUT2D eigenvalue weighted by molar-refractivity contribution is 7.84. The number of carbonyl (C=O) groups excluding carboxylic acids is 2. The lowest BCUT2D eigenvalue weighted by atomic mass is 9.78. The third-order valence-corrected chi connectivity index (χ3v) is 10.4. The van der Waals surface area contributed by atoms with E-state index in [-0.39, 0.29) is 71.9 Å². The van der Waals surface area contributed by atoms with Crippen LogP contribution in [0.2, 0.25) is 0 Å². The number of hydrogen-bond acceptors (Lipinski definition) is 9. The van der Waals surface area contributed by atoms with Gasteiger partial charge in [0, 0.05) is 43.2 Å². The summed E-state index contributed by atoms with van der Waals surface area (Å²) in [6, 6.07) is 14.7. The highest BCUT2D eigenvalue weighted by Crippen LogP contribution is 2.51. The average molecular weight is 700 g/mol. The molecular weight excluding hydrogens is 662 g/mol. The van der Waals surface area contributed by atoms with E-state index >= 15 is 4.39 Å². The number of pyridine rings is 1. The number of aromatic nitrogens is 1. The second-order valence-corrected chi connectivity index (χ2v) is 15.3. The highest BCUT2D eigenvalue weighted by atomic mass is 32.2. The van der Waals surface area contributed by atoms with E-state index in [1.165, 1.54) is 13.4 Å². The maximum absolute atomic E-state index is 17.5. The fourth-order valence-corrected chi connectivity index (χ4v) is 8.28. The zero-order valence-electron chi connectivity index (χ0n) is 28.5. The Morgan fingerprint density at radius 2 is 1.98 bits per heavy atom. The first-order valence-corrected chi connectivity index (χ1v) is 18.1. The van der Waals surface area contributed by atoms with Crippen molar-refractivity contribution in [3.63, 3.8) is 0 Å². The average Bonchev–Trinajstić information content (AvgIpc) is 3.66. The van der Waals surface area contributed by atoms with Crippen LogP contribution in [0, 0.1) is 23.1 Å². The van der Waals surface area contributed by atoms with Crippen molar-refractivity contribution in [2.45, 2.75) is 62.7 Å². The van der Waals surface area contributed by atoms with Gasteiger partial charge in [0.2, 0.25) is 5.91 Å². The Balaban J connectivity index is 1.45. The van der Waals surface area contributed by atoms with Crippen LogP contribution in [0.3, 0.4) is 0 Å². The van der Waals surface area contributed by atoms with E-state index < -0.39 is 28.3 Å². The van der Waals surface area contributed by atoms with E-state index in [1.807, 2.05) is 62.1 Å². The van der Waals surface area contributed by atoms with E-state index in [1.54, 1.807) is 11.0 Å². The van der Waals surface area contributed by atoms with Crippen molar-refractivity contribution >= 4 is 55.9 Å². The van der Waals surface area contributed by atoms with Crippen molar-refractivity contribution in [2.75, 3.05) is 43.5 Å². The molecule has 0 spiro atoms. The van der Waals surface area contributed by atoms with Crippen LogP contribution in [0.5, 0.6) is 5.75 Å². The molecule has 4 aliphatic rings. The van der Waals surface area contributed by atoms with Crippen LogP contribution >= 0.6 is 0 Å². The van der Waals surface area contributed by atoms with Crippen LogP contribution in [-0.4, -0.2) is 77.0 Å². The van der Waals surface area contributed by atoms with Gasteiger partial charge in [0.15, 0.2) is 17.6 Å². The van der Waals surface area contributed by atoms with E-state index in [0.29, 0.717) is 34.5 Å². The molecule has 3 aromatic carbocycles. The van der Waals surface area contributed by atoms with Crippen LogP contribution in [0.25, 0.3) is 32.8 Å². The predicted molar refractivity (Wildman–Crippen MR) is 188 cm³/mol. The monoisotopic (exact) mass is 699 g/mol. The topological polar surface area (TPSA) is 134 Å². The number of methoxy groups -OCH3 is 1. The molecule has 4 atom stereocenters. The van der Waals surface area contributed by atoms with Gasteiger partial charge in [0.25, 0.3) is 0 Å². The van der Waals surface area contributed by atoms with Gasteiger partial charge in [-0.1, -0.05) is 24.3 Å². The van der Waals surface area contributed by atoms with Gasteiger partial charge in [-0.05, 0) is 73.7 Å². The van der Waals surface area contributed by atoms with E-state index in [9.17, 15) is 19.1 Å². The molecule has 2 saturated heterocycles. The zero-order chi connectivity index (χ0) is 35.5. The van der Waals surface area contributed by atoms with Gasteiger partial charge in [-0.2, -0.15) is 5.26 Å². The minimum atomic E-state index is -1.71. The highest BCUT2D eigenvalue weighted by Gasteiger charge is 2.58. The molecule has 11 nitrogen and oxygen atoms in total. The zero-order valence-corrected chi connectivity index (χ0v) is 29.4. The second kappa shape index (κ2) is 12.8. The number of nitrogens with zero attached hydrogens (tertiary/aromatic N) is 4. The molecule has 0 radical (unpaired) electrons. The predicted octanol–water partition coefficient (Wildman–Crippen LogP) is 6.14. The minimum absolute atomic E-state index is 0.00525. The Labute approximate surface area is 291 Å². The summed E-state index contributed by atoms with van der Waals surface area (Å²) in [5.74, 6) is -0.429. The molecule has 50 heavy (non-hydrogen) atoms. The van der Waals surface area contributed by atoms with Crippen molar-refractivity contribution in [1.82, 2.24) is 9.88 Å². The number of aryl methyl sites for hydroxylation is 1. The quantitative estimate of drug-likeness (QED) is 0.216. The number of nitrogens with one attached hydrogen (secondary N) is 1. The maximum atomic E-state index is 17.5. The molecule has 1 saturated carbocycles. The van der Waals surface area contributed by atoms with Crippen molar-refractivity contribution in [3.05, 3.63) is 53.8 Å². The van der Waals surface area contributed by atoms with Crippen molar-refractivity contribution in [3.8, 4) is 22.9 Å². The van der Waals surface area contributed by atoms with Gasteiger partial charge in [0.1, 0.15) is 22.6 Å². The van der Waals surface area contributed by atoms with Crippen LogP contribution in [0.4, 0.5) is 20.6 Å². The number of anilines is 2. The van der Waals surface area contributed by atoms with Gasteiger partial charge in [-0.25, -0.2) is 14.2 Å². The van der Waals surface area contributed by atoms with Gasteiger partial charge in [0.05, 0.1) is 41.2 Å². The van der Waals surface area contributed by atoms with Crippen LogP contribution in [-0.2, 0) is 31.5 Å².